The molecule has 20 heavy (non-hydrogen) atoms. The molecule has 0 atom stereocenters. The third-order valence-electron chi connectivity index (χ3n) is 2.46. The van der Waals surface area contributed by atoms with Crippen LogP contribution in [0.3, 0.4) is 0 Å². The van der Waals surface area contributed by atoms with Crippen LogP contribution < -0.4 is 0 Å². The molecule has 2 rings (SSSR count). The summed E-state index contributed by atoms with van der Waals surface area (Å²) in [5.74, 6) is -3.43. The maximum absolute atomic E-state index is 12.7. The number of aromatic nitrogens is 3. The van der Waals surface area contributed by atoms with Gasteiger partial charge in [0.2, 0.25) is 11.6 Å². The molecule has 0 spiro atoms. The normalized spacial score (nSPS) is 12.8. The highest BCUT2D eigenvalue weighted by Crippen LogP contribution is 2.35. The van der Waals surface area contributed by atoms with Crippen molar-refractivity contribution in [3.63, 3.8) is 0 Å². The molecule has 0 aliphatic heterocycles. The van der Waals surface area contributed by atoms with E-state index in [9.17, 15) is 26.3 Å². The molecule has 0 aliphatic rings. The fourth-order valence-electron chi connectivity index (χ4n) is 1.59. The third kappa shape index (κ3) is 2.61. The molecule has 0 fully saturated rings. The van der Waals surface area contributed by atoms with Crippen LogP contribution in [0, 0.1) is 6.92 Å². The lowest BCUT2D eigenvalue weighted by atomic mass is 10.2. The van der Waals surface area contributed by atoms with Crippen molar-refractivity contribution in [2.45, 2.75) is 19.3 Å². The van der Waals surface area contributed by atoms with Crippen LogP contribution in [0.1, 0.15) is 17.2 Å². The highest BCUT2D eigenvalue weighted by molar-refractivity contribution is 5.37. The summed E-state index contributed by atoms with van der Waals surface area (Å²) in [6.07, 6.45) is -10.1. The molecule has 9 heteroatoms. The number of rotatable bonds is 1. The highest BCUT2D eigenvalue weighted by atomic mass is 19.4. The predicted molar refractivity (Wildman–Crippen MR) is 56.1 cm³/mol. The number of benzene rings is 1. The first kappa shape index (κ1) is 14.4. The van der Waals surface area contributed by atoms with E-state index in [0.29, 0.717) is 5.56 Å². The van der Waals surface area contributed by atoms with Gasteiger partial charge in [0.25, 0.3) is 0 Å². The molecular formula is C11H7F6N3. The lowest BCUT2D eigenvalue weighted by Crippen LogP contribution is -2.19. The van der Waals surface area contributed by atoms with Crippen LogP contribution in [0.15, 0.2) is 24.3 Å². The second-order valence-electron chi connectivity index (χ2n) is 4.01. The molecule has 0 saturated carbocycles. The summed E-state index contributed by atoms with van der Waals surface area (Å²) in [5, 5.41) is 5.24. The van der Waals surface area contributed by atoms with Gasteiger partial charge in [-0.15, -0.1) is 10.2 Å². The molecule has 0 radical (unpaired) electrons. The first-order chi connectivity index (χ1) is 9.10. The Morgan fingerprint density at radius 2 is 1.20 bits per heavy atom. The van der Waals surface area contributed by atoms with Crippen LogP contribution in [-0.2, 0) is 12.4 Å². The smallest absolute Gasteiger partial charge is 0.268 e. The second kappa shape index (κ2) is 4.50. The van der Waals surface area contributed by atoms with Crippen LogP contribution in [0.5, 0.6) is 0 Å². The Hall–Kier alpha value is -2.06. The summed E-state index contributed by atoms with van der Waals surface area (Å²) in [6.45, 7) is 1.66. The molecule has 108 valence electrons. The SMILES string of the molecule is Cc1ccc(-n2c(C(F)(F)F)nnc2C(F)(F)F)cc1. The molecule has 0 N–H and O–H groups in total. The minimum Gasteiger partial charge on any atom is -0.268 e. The summed E-state index contributed by atoms with van der Waals surface area (Å²) >= 11 is 0. The highest BCUT2D eigenvalue weighted by Gasteiger charge is 2.45. The van der Waals surface area contributed by atoms with Crippen LogP contribution in [0.25, 0.3) is 5.69 Å². The zero-order chi connectivity index (χ0) is 15.1. The van der Waals surface area contributed by atoms with Gasteiger partial charge in [-0.25, -0.2) is 0 Å². The summed E-state index contributed by atoms with van der Waals surface area (Å²) in [5.41, 5.74) is 0.393. The molecule has 2 aromatic rings. The van der Waals surface area contributed by atoms with E-state index in [1.54, 1.807) is 6.92 Å². The van der Waals surface area contributed by atoms with Gasteiger partial charge < -0.3 is 0 Å². The molecule has 0 saturated heterocycles. The topological polar surface area (TPSA) is 30.7 Å². The molecule has 1 aromatic heterocycles. The van der Waals surface area contributed by atoms with Crippen molar-refractivity contribution >= 4 is 0 Å². The maximum Gasteiger partial charge on any atom is 0.452 e. The summed E-state index contributed by atoms with van der Waals surface area (Å²) in [6, 6.07) is 5.08. The van der Waals surface area contributed by atoms with E-state index < -0.39 is 24.0 Å². The number of alkyl halides is 6. The van der Waals surface area contributed by atoms with Crippen molar-refractivity contribution in [3.05, 3.63) is 41.5 Å². The second-order valence-corrected chi connectivity index (χ2v) is 4.01. The zero-order valence-electron chi connectivity index (χ0n) is 9.92. The largest absolute Gasteiger partial charge is 0.452 e. The molecule has 3 nitrogen and oxygen atoms in total. The van der Waals surface area contributed by atoms with Gasteiger partial charge in [0.15, 0.2) is 0 Å². The van der Waals surface area contributed by atoms with E-state index in [2.05, 4.69) is 10.2 Å². The summed E-state index contributed by atoms with van der Waals surface area (Å²) < 4.78 is 76.3. The van der Waals surface area contributed by atoms with Crippen molar-refractivity contribution in [1.82, 2.24) is 14.8 Å². The fraction of sp³-hybridized carbons (Fsp3) is 0.273. The molecule has 0 unspecified atom stereocenters. The van der Waals surface area contributed by atoms with E-state index >= 15 is 0 Å². The molecular weight excluding hydrogens is 288 g/mol. The van der Waals surface area contributed by atoms with Gasteiger partial charge in [-0.3, -0.25) is 4.57 Å². The van der Waals surface area contributed by atoms with Crippen LogP contribution in [0.4, 0.5) is 26.3 Å². The standard InChI is InChI=1S/C11H7F6N3/c1-6-2-4-7(5-3-6)20-8(10(12,13)14)18-19-9(20)11(15,16)17/h2-5H,1H3. The molecule has 1 aromatic carbocycles. The Kier molecular flexibility index (Phi) is 3.23. The van der Waals surface area contributed by atoms with Gasteiger partial charge in [-0.2, -0.15) is 26.3 Å². The number of nitrogens with zero attached hydrogens (tertiary/aromatic N) is 3. The van der Waals surface area contributed by atoms with Crippen LogP contribution in [0.2, 0.25) is 0 Å². The molecule has 0 bridgehead atoms. The lowest BCUT2D eigenvalue weighted by molar-refractivity contribution is -0.153. The van der Waals surface area contributed by atoms with E-state index in [4.69, 9.17) is 0 Å². The molecule has 0 amide bonds. The van der Waals surface area contributed by atoms with E-state index in [1.807, 2.05) is 0 Å². The fourth-order valence-corrected chi connectivity index (χ4v) is 1.59. The first-order valence-corrected chi connectivity index (χ1v) is 5.27. The quantitative estimate of drug-likeness (QED) is 0.752. The molecule has 0 aliphatic carbocycles. The number of hydrogen-bond acceptors (Lipinski definition) is 2. The van der Waals surface area contributed by atoms with E-state index in [1.165, 1.54) is 12.1 Å². The Labute approximate surface area is 108 Å². The Bertz CT molecular complexity index is 577. The van der Waals surface area contributed by atoms with Crippen molar-refractivity contribution < 1.29 is 26.3 Å². The third-order valence-corrected chi connectivity index (χ3v) is 2.46. The van der Waals surface area contributed by atoms with Gasteiger partial charge in [0.05, 0.1) is 0 Å². The minimum atomic E-state index is -5.04. The number of aryl methyl sites for hydroxylation is 1. The maximum atomic E-state index is 12.7. The van der Waals surface area contributed by atoms with Crippen molar-refractivity contribution in [3.8, 4) is 5.69 Å². The van der Waals surface area contributed by atoms with Crippen LogP contribution >= 0.6 is 0 Å². The Morgan fingerprint density at radius 3 is 1.55 bits per heavy atom. The van der Waals surface area contributed by atoms with Crippen molar-refractivity contribution in [1.29, 1.82) is 0 Å². The van der Waals surface area contributed by atoms with E-state index in [-0.39, 0.29) is 10.3 Å². The lowest BCUT2D eigenvalue weighted by Gasteiger charge is -2.13. The zero-order valence-corrected chi connectivity index (χ0v) is 9.92. The average Bonchev–Trinajstić information content (AvgIpc) is 2.73. The monoisotopic (exact) mass is 295 g/mol. The van der Waals surface area contributed by atoms with Crippen LogP contribution in [-0.4, -0.2) is 14.8 Å². The number of halogens is 6. The Morgan fingerprint density at radius 1 is 0.800 bits per heavy atom. The minimum absolute atomic E-state index is 0.0422. The van der Waals surface area contributed by atoms with Gasteiger partial charge in [-0.1, -0.05) is 17.7 Å². The first-order valence-electron chi connectivity index (χ1n) is 5.27. The summed E-state index contributed by atoms with van der Waals surface area (Å²) in [4.78, 5) is 0. The van der Waals surface area contributed by atoms with Crippen molar-refractivity contribution in [2.75, 3.05) is 0 Å². The van der Waals surface area contributed by atoms with Crippen molar-refractivity contribution in [2.24, 2.45) is 0 Å². The summed E-state index contributed by atoms with van der Waals surface area (Å²) in [7, 11) is 0. The number of hydrogen-bond donors (Lipinski definition) is 0. The molecule has 1 heterocycles. The van der Waals surface area contributed by atoms with Gasteiger partial charge >= 0.3 is 12.4 Å². The average molecular weight is 295 g/mol. The predicted octanol–water partition coefficient (Wildman–Crippen LogP) is 3.61. The Balaban J connectivity index is 2.70. The van der Waals surface area contributed by atoms with E-state index in [0.717, 1.165) is 12.1 Å². The van der Waals surface area contributed by atoms with Gasteiger partial charge in [0.1, 0.15) is 0 Å². The van der Waals surface area contributed by atoms with Gasteiger partial charge in [-0.05, 0) is 19.1 Å². The van der Waals surface area contributed by atoms with Gasteiger partial charge in [0, 0.05) is 5.69 Å².